The Morgan fingerprint density at radius 1 is 1.22 bits per heavy atom. The first-order valence-electron chi connectivity index (χ1n) is 3.67. The van der Waals surface area contributed by atoms with E-state index in [1.54, 1.807) is 0 Å². The van der Waals surface area contributed by atoms with Crippen LogP contribution in [-0.4, -0.2) is 23.9 Å². The Hall–Kier alpha value is -0.0800. The SMILES string of the molecule is O[C@H]1CC[C@H]2OCC[C@@H]12. The van der Waals surface area contributed by atoms with Crippen molar-refractivity contribution in [1.29, 1.82) is 0 Å². The van der Waals surface area contributed by atoms with Crippen molar-refractivity contribution in [2.75, 3.05) is 6.61 Å². The maximum Gasteiger partial charge on any atom is 0.0629 e. The fourth-order valence-corrected chi connectivity index (χ4v) is 1.95. The average molecular weight is 128 g/mol. The van der Waals surface area contributed by atoms with Crippen LogP contribution in [0.5, 0.6) is 0 Å². The largest absolute Gasteiger partial charge is 0.393 e. The second kappa shape index (κ2) is 1.96. The van der Waals surface area contributed by atoms with Crippen molar-refractivity contribution < 1.29 is 9.84 Å². The predicted molar refractivity (Wildman–Crippen MR) is 33.1 cm³/mol. The first-order chi connectivity index (χ1) is 4.38. The van der Waals surface area contributed by atoms with Crippen molar-refractivity contribution in [3.05, 3.63) is 0 Å². The minimum absolute atomic E-state index is 0.0579. The fraction of sp³-hybridized carbons (Fsp3) is 1.00. The molecule has 0 aromatic heterocycles. The quantitative estimate of drug-likeness (QED) is 0.516. The fourth-order valence-electron chi connectivity index (χ4n) is 1.95. The van der Waals surface area contributed by atoms with Crippen molar-refractivity contribution in [3.8, 4) is 0 Å². The van der Waals surface area contributed by atoms with Gasteiger partial charge in [-0.25, -0.2) is 0 Å². The summed E-state index contributed by atoms with van der Waals surface area (Å²) >= 11 is 0. The Bertz CT molecular complexity index is 113. The van der Waals surface area contributed by atoms with Crippen molar-refractivity contribution in [3.63, 3.8) is 0 Å². The number of ether oxygens (including phenoxy) is 1. The Morgan fingerprint density at radius 3 is 2.89 bits per heavy atom. The molecule has 2 rings (SSSR count). The molecule has 2 aliphatic rings. The van der Waals surface area contributed by atoms with Gasteiger partial charge in [-0.15, -0.1) is 0 Å². The van der Waals surface area contributed by atoms with Gasteiger partial charge in [-0.3, -0.25) is 0 Å². The van der Waals surface area contributed by atoms with E-state index in [9.17, 15) is 5.11 Å². The molecule has 2 nitrogen and oxygen atoms in total. The molecule has 9 heavy (non-hydrogen) atoms. The molecular formula is C7H12O2. The van der Waals surface area contributed by atoms with E-state index in [1.165, 1.54) is 0 Å². The van der Waals surface area contributed by atoms with Crippen LogP contribution in [0.2, 0.25) is 0 Å². The molecule has 0 radical (unpaired) electrons. The van der Waals surface area contributed by atoms with Gasteiger partial charge in [-0.2, -0.15) is 0 Å². The second-order valence-electron chi connectivity index (χ2n) is 3.01. The molecule has 1 aliphatic heterocycles. The van der Waals surface area contributed by atoms with Crippen LogP contribution in [0.3, 0.4) is 0 Å². The van der Waals surface area contributed by atoms with E-state index < -0.39 is 0 Å². The van der Waals surface area contributed by atoms with E-state index in [-0.39, 0.29) is 6.10 Å². The third-order valence-corrected chi connectivity index (χ3v) is 2.50. The summed E-state index contributed by atoms with van der Waals surface area (Å²) in [7, 11) is 0. The van der Waals surface area contributed by atoms with Crippen LogP contribution in [0.4, 0.5) is 0 Å². The lowest BCUT2D eigenvalue weighted by molar-refractivity contribution is 0.0831. The van der Waals surface area contributed by atoms with Gasteiger partial charge >= 0.3 is 0 Å². The lowest BCUT2D eigenvalue weighted by Crippen LogP contribution is -2.17. The lowest BCUT2D eigenvalue weighted by Gasteiger charge is -2.09. The molecule has 2 fully saturated rings. The van der Waals surface area contributed by atoms with Crippen molar-refractivity contribution in [2.24, 2.45) is 5.92 Å². The minimum Gasteiger partial charge on any atom is -0.393 e. The number of fused-ring (bicyclic) bond motifs is 1. The maximum absolute atomic E-state index is 9.32. The standard InChI is InChI=1S/C7H12O2/c8-6-1-2-7-5(6)3-4-9-7/h5-8H,1-4H2/t5-,6-,7+/m0/s1. The van der Waals surface area contributed by atoms with Gasteiger partial charge in [0.05, 0.1) is 12.2 Å². The summed E-state index contributed by atoms with van der Waals surface area (Å²) in [6.45, 7) is 0.867. The zero-order valence-electron chi connectivity index (χ0n) is 5.42. The van der Waals surface area contributed by atoms with Gasteiger partial charge in [0.1, 0.15) is 0 Å². The Labute approximate surface area is 54.8 Å². The topological polar surface area (TPSA) is 29.5 Å². The van der Waals surface area contributed by atoms with Crippen LogP contribution in [-0.2, 0) is 4.74 Å². The smallest absolute Gasteiger partial charge is 0.0629 e. The normalized spacial score (nSPS) is 49.7. The minimum atomic E-state index is -0.0579. The molecule has 0 amide bonds. The summed E-state index contributed by atoms with van der Waals surface area (Å²) in [5.74, 6) is 0.477. The van der Waals surface area contributed by atoms with E-state index in [0.717, 1.165) is 25.9 Å². The lowest BCUT2D eigenvalue weighted by atomic mass is 10.0. The molecule has 3 atom stereocenters. The predicted octanol–water partition coefficient (Wildman–Crippen LogP) is 0.546. The third kappa shape index (κ3) is 0.775. The van der Waals surface area contributed by atoms with Crippen LogP contribution in [0.15, 0.2) is 0 Å². The van der Waals surface area contributed by atoms with Crippen LogP contribution >= 0.6 is 0 Å². The van der Waals surface area contributed by atoms with Gasteiger partial charge < -0.3 is 9.84 Å². The van der Waals surface area contributed by atoms with Crippen LogP contribution in [0, 0.1) is 5.92 Å². The van der Waals surface area contributed by atoms with Crippen molar-refractivity contribution in [2.45, 2.75) is 31.5 Å². The first-order valence-corrected chi connectivity index (χ1v) is 3.67. The highest BCUT2D eigenvalue weighted by Crippen LogP contribution is 2.35. The molecule has 1 aliphatic carbocycles. The molecule has 2 heteroatoms. The zero-order valence-corrected chi connectivity index (χ0v) is 5.42. The van der Waals surface area contributed by atoms with E-state index in [4.69, 9.17) is 4.74 Å². The molecule has 0 spiro atoms. The maximum atomic E-state index is 9.32. The van der Waals surface area contributed by atoms with Crippen LogP contribution < -0.4 is 0 Å². The Balaban J connectivity index is 2.07. The average Bonchev–Trinajstić information content (AvgIpc) is 2.35. The van der Waals surface area contributed by atoms with Gasteiger partial charge in [0.2, 0.25) is 0 Å². The Kier molecular flexibility index (Phi) is 1.24. The number of rotatable bonds is 0. The van der Waals surface area contributed by atoms with Crippen molar-refractivity contribution >= 4 is 0 Å². The molecular weight excluding hydrogens is 116 g/mol. The summed E-state index contributed by atoms with van der Waals surface area (Å²) in [4.78, 5) is 0. The second-order valence-corrected chi connectivity index (χ2v) is 3.01. The summed E-state index contributed by atoms with van der Waals surface area (Å²) in [6.07, 6.45) is 3.45. The molecule has 1 heterocycles. The molecule has 1 N–H and O–H groups in total. The van der Waals surface area contributed by atoms with E-state index in [1.807, 2.05) is 0 Å². The third-order valence-electron chi connectivity index (χ3n) is 2.50. The molecule has 0 unspecified atom stereocenters. The van der Waals surface area contributed by atoms with Gasteiger partial charge in [-0.1, -0.05) is 0 Å². The molecule has 0 aromatic carbocycles. The first kappa shape index (κ1) is 5.69. The Morgan fingerprint density at radius 2 is 2.11 bits per heavy atom. The van der Waals surface area contributed by atoms with Crippen molar-refractivity contribution in [1.82, 2.24) is 0 Å². The highest BCUT2D eigenvalue weighted by molar-refractivity contribution is 4.88. The van der Waals surface area contributed by atoms with Gasteiger partial charge in [0.15, 0.2) is 0 Å². The monoisotopic (exact) mass is 128 g/mol. The highest BCUT2D eigenvalue weighted by atomic mass is 16.5. The summed E-state index contributed by atoms with van der Waals surface area (Å²) in [5, 5.41) is 9.32. The van der Waals surface area contributed by atoms with E-state index in [2.05, 4.69) is 0 Å². The summed E-state index contributed by atoms with van der Waals surface area (Å²) in [6, 6.07) is 0. The number of aliphatic hydroxyl groups excluding tert-OH is 1. The van der Waals surface area contributed by atoms with Crippen LogP contribution in [0.1, 0.15) is 19.3 Å². The molecule has 0 aromatic rings. The molecule has 0 bridgehead atoms. The number of hydrogen-bond acceptors (Lipinski definition) is 2. The number of aliphatic hydroxyl groups is 1. The summed E-state index contributed by atoms with van der Waals surface area (Å²) in [5.41, 5.74) is 0. The van der Waals surface area contributed by atoms with Gasteiger partial charge in [0.25, 0.3) is 0 Å². The van der Waals surface area contributed by atoms with E-state index >= 15 is 0 Å². The zero-order chi connectivity index (χ0) is 6.27. The van der Waals surface area contributed by atoms with Gasteiger partial charge in [-0.05, 0) is 19.3 Å². The molecule has 1 saturated heterocycles. The highest BCUT2D eigenvalue weighted by Gasteiger charge is 2.38. The summed E-state index contributed by atoms with van der Waals surface area (Å²) < 4.78 is 5.39. The molecule has 1 saturated carbocycles. The van der Waals surface area contributed by atoms with E-state index in [0.29, 0.717) is 12.0 Å². The van der Waals surface area contributed by atoms with Gasteiger partial charge in [0, 0.05) is 12.5 Å². The number of hydrogen-bond donors (Lipinski definition) is 1. The molecule has 52 valence electrons. The van der Waals surface area contributed by atoms with Crippen LogP contribution in [0.25, 0.3) is 0 Å².